The molecule has 3 heterocycles. The van der Waals surface area contributed by atoms with Crippen molar-refractivity contribution in [2.45, 2.75) is 101 Å². The molecule has 1 aromatic carbocycles. The van der Waals surface area contributed by atoms with Gasteiger partial charge in [0.1, 0.15) is 11.3 Å². The topological polar surface area (TPSA) is 119 Å². The van der Waals surface area contributed by atoms with Gasteiger partial charge in [0.2, 0.25) is 0 Å². The van der Waals surface area contributed by atoms with Crippen molar-refractivity contribution < 1.29 is 46.1 Å². The van der Waals surface area contributed by atoms with Crippen molar-refractivity contribution in [2.24, 2.45) is 17.8 Å². The Labute approximate surface area is 298 Å². The minimum atomic E-state index is -5.04. The second kappa shape index (κ2) is 13.5. The molecule has 3 saturated carbocycles. The van der Waals surface area contributed by atoms with E-state index in [4.69, 9.17) is 9.47 Å². The first kappa shape index (κ1) is 36.5. The number of halogens is 5. The fourth-order valence-corrected chi connectivity index (χ4v) is 9.26. The minimum absolute atomic E-state index is 0.0677. The SMILES string of the molecule is COC[C@H](C)n1cc(-c2ncc(C(=O)NC3(C(=O)O)CC4CC(C)CC3C4)c(C(F)(F)F)n2)c2ccc(OC3CCC(N4CC(F)(F)C4)CC3)cc21. The molecule has 4 aliphatic rings. The summed E-state index contributed by atoms with van der Waals surface area (Å²) in [6, 6.07) is 5.14. The molecular weight excluding hydrogens is 689 g/mol. The van der Waals surface area contributed by atoms with Crippen LogP contribution in [-0.4, -0.2) is 86.8 Å². The lowest BCUT2D eigenvalue weighted by molar-refractivity contribution is -0.151. The number of amides is 1. The van der Waals surface area contributed by atoms with E-state index in [2.05, 4.69) is 15.3 Å². The summed E-state index contributed by atoms with van der Waals surface area (Å²) in [4.78, 5) is 36.1. The van der Waals surface area contributed by atoms with Gasteiger partial charge < -0.3 is 24.5 Å². The van der Waals surface area contributed by atoms with Crippen LogP contribution in [0.15, 0.2) is 30.6 Å². The van der Waals surface area contributed by atoms with E-state index in [1.165, 1.54) is 0 Å². The highest BCUT2D eigenvalue weighted by atomic mass is 19.4. The summed E-state index contributed by atoms with van der Waals surface area (Å²) < 4.78 is 84.2. The van der Waals surface area contributed by atoms with Crippen LogP contribution in [0, 0.1) is 17.8 Å². The number of aromatic nitrogens is 3. The number of rotatable bonds is 10. The zero-order valence-electron chi connectivity index (χ0n) is 29.4. The average molecular weight is 734 g/mol. The fourth-order valence-electron chi connectivity index (χ4n) is 9.26. The monoisotopic (exact) mass is 733 g/mol. The average Bonchev–Trinajstić information content (AvgIpc) is 3.57. The summed E-state index contributed by atoms with van der Waals surface area (Å²) >= 11 is 0. The molecule has 3 aromatic rings. The summed E-state index contributed by atoms with van der Waals surface area (Å²) in [5.41, 5.74) is -3.00. The highest BCUT2D eigenvalue weighted by molar-refractivity contribution is 6.00. The minimum Gasteiger partial charge on any atom is -0.490 e. The Balaban J connectivity index is 1.16. The number of alkyl halides is 5. The standard InChI is InChI=1S/C37H44F5N5O5/c1-20-10-22-12-23(11-20)36(14-22,34(49)50)45-33(48)28-15-43-32(44-31(28)37(40,41)42)29-16-47(21(2)17-51-3)30-13-26(8-9-27(29)30)52-25-6-4-24(5-7-25)46-18-35(38,39)19-46/h8-9,13,15-16,20-25H,4-7,10-12,14,17-19H2,1-3H3,(H,45,48)(H,49,50)/t20?,21-,22?,23?,24?,25?,36?/m0/s1. The largest absolute Gasteiger partial charge is 0.490 e. The van der Waals surface area contributed by atoms with Crippen LogP contribution in [0.25, 0.3) is 22.3 Å². The van der Waals surface area contributed by atoms with Crippen LogP contribution in [-0.2, 0) is 15.7 Å². The Morgan fingerprint density at radius 2 is 1.85 bits per heavy atom. The number of benzene rings is 1. The van der Waals surface area contributed by atoms with Crippen molar-refractivity contribution in [3.05, 3.63) is 41.9 Å². The Morgan fingerprint density at radius 3 is 2.50 bits per heavy atom. The molecule has 2 aromatic heterocycles. The number of likely N-dealkylation sites (tertiary alicyclic amines) is 1. The van der Waals surface area contributed by atoms with Crippen molar-refractivity contribution in [3.8, 4) is 17.1 Å². The second-order valence-electron chi connectivity index (χ2n) is 15.5. The van der Waals surface area contributed by atoms with Crippen molar-refractivity contribution in [1.29, 1.82) is 0 Å². The van der Waals surface area contributed by atoms with E-state index in [0.717, 1.165) is 25.5 Å². The van der Waals surface area contributed by atoms with E-state index in [0.29, 0.717) is 54.5 Å². The van der Waals surface area contributed by atoms with Crippen molar-refractivity contribution in [1.82, 2.24) is 24.8 Å². The number of fused-ring (bicyclic) bond motifs is 3. The quantitative estimate of drug-likeness (QED) is 0.215. The summed E-state index contributed by atoms with van der Waals surface area (Å²) in [6.07, 6.45) is 2.37. The van der Waals surface area contributed by atoms with Gasteiger partial charge in [-0.2, -0.15) is 13.2 Å². The van der Waals surface area contributed by atoms with Gasteiger partial charge in [-0.25, -0.2) is 23.5 Å². The number of carbonyl (C=O) groups excluding carboxylic acids is 1. The van der Waals surface area contributed by atoms with Gasteiger partial charge in [-0.05, 0) is 88.2 Å². The first-order valence-corrected chi connectivity index (χ1v) is 18.0. The molecule has 0 radical (unpaired) electrons. The number of ether oxygens (including phenoxy) is 2. The lowest BCUT2D eigenvalue weighted by atomic mass is 9.78. The molecule has 1 saturated heterocycles. The van der Waals surface area contributed by atoms with E-state index in [-0.39, 0.29) is 61.3 Å². The van der Waals surface area contributed by atoms with Crippen molar-refractivity contribution in [3.63, 3.8) is 0 Å². The number of carbonyl (C=O) groups is 2. The van der Waals surface area contributed by atoms with Gasteiger partial charge in [-0.15, -0.1) is 0 Å². The second-order valence-corrected chi connectivity index (χ2v) is 15.5. The van der Waals surface area contributed by atoms with Gasteiger partial charge in [0.05, 0.1) is 42.9 Å². The molecule has 10 nitrogen and oxygen atoms in total. The van der Waals surface area contributed by atoms with E-state index in [9.17, 15) is 36.6 Å². The Hall–Kier alpha value is -3.85. The molecule has 1 amide bonds. The molecule has 1 aliphatic heterocycles. The van der Waals surface area contributed by atoms with Crippen molar-refractivity contribution in [2.75, 3.05) is 26.8 Å². The number of carboxylic acids is 1. The number of carboxylic acid groups (broad SMARTS) is 1. The lowest BCUT2D eigenvalue weighted by Gasteiger charge is -2.46. The van der Waals surface area contributed by atoms with Gasteiger partial charge in [-0.3, -0.25) is 9.69 Å². The maximum atomic E-state index is 14.6. The maximum Gasteiger partial charge on any atom is 0.434 e. The van der Waals surface area contributed by atoms with Gasteiger partial charge >= 0.3 is 12.1 Å². The van der Waals surface area contributed by atoms with Crippen LogP contribution in [0.3, 0.4) is 0 Å². The number of nitrogens with one attached hydrogen (secondary N) is 1. The van der Waals surface area contributed by atoms with Crippen LogP contribution in [0.1, 0.15) is 87.3 Å². The summed E-state index contributed by atoms with van der Waals surface area (Å²) in [5, 5.41) is 13.3. The molecule has 7 rings (SSSR count). The van der Waals surface area contributed by atoms with Gasteiger partial charge in [0.25, 0.3) is 11.8 Å². The molecule has 5 atom stereocenters. The summed E-state index contributed by atoms with van der Waals surface area (Å²) in [6.45, 7) is 3.81. The highest BCUT2D eigenvalue weighted by Gasteiger charge is 2.56. The molecule has 2 bridgehead atoms. The molecule has 2 N–H and O–H groups in total. The van der Waals surface area contributed by atoms with Gasteiger partial charge in [0.15, 0.2) is 11.5 Å². The first-order chi connectivity index (χ1) is 24.6. The predicted molar refractivity (Wildman–Crippen MR) is 180 cm³/mol. The smallest absolute Gasteiger partial charge is 0.434 e. The Bertz CT molecular complexity index is 1830. The number of hydrogen-bond donors (Lipinski definition) is 2. The third-order valence-electron chi connectivity index (χ3n) is 11.6. The molecule has 15 heteroatoms. The van der Waals surface area contributed by atoms with E-state index >= 15 is 0 Å². The maximum absolute atomic E-state index is 14.6. The molecule has 52 heavy (non-hydrogen) atoms. The third kappa shape index (κ3) is 6.85. The number of hydrogen-bond acceptors (Lipinski definition) is 7. The molecular formula is C37H44F5N5O5. The molecule has 4 unspecified atom stereocenters. The normalized spacial score (nSPS) is 29.4. The molecule has 0 spiro atoms. The predicted octanol–water partition coefficient (Wildman–Crippen LogP) is 6.97. The Kier molecular flexibility index (Phi) is 9.50. The van der Waals surface area contributed by atoms with Gasteiger partial charge in [0, 0.05) is 42.6 Å². The lowest BCUT2D eigenvalue weighted by Crippen LogP contribution is -2.60. The zero-order valence-corrected chi connectivity index (χ0v) is 29.4. The summed E-state index contributed by atoms with van der Waals surface area (Å²) in [5.74, 6) is -4.78. The van der Waals surface area contributed by atoms with Crippen LogP contribution in [0.4, 0.5) is 22.0 Å². The van der Waals surface area contributed by atoms with Crippen LogP contribution in [0.5, 0.6) is 5.75 Å². The molecule has 3 aliphatic carbocycles. The first-order valence-electron chi connectivity index (χ1n) is 18.0. The zero-order chi connectivity index (χ0) is 37.2. The summed E-state index contributed by atoms with van der Waals surface area (Å²) in [7, 11) is 1.55. The van der Waals surface area contributed by atoms with Crippen LogP contribution < -0.4 is 10.1 Å². The number of methoxy groups -OCH3 is 1. The molecule has 282 valence electrons. The van der Waals surface area contributed by atoms with E-state index in [1.54, 1.807) is 25.4 Å². The molecule has 4 fully saturated rings. The van der Waals surface area contributed by atoms with Crippen molar-refractivity contribution >= 4 is 22.8 Å². The third-order valence-corrected chi connectivity index (χ3v) is 11.6. The fraction of sp³-hybridized carbons (Fsp3) is 0.622. The number of aliphatic carboxylic acids is 1. The Morgan fingerprint density at radius 1 is 1.12 bits per heavy atom. The number of nitrogens with zero attached hydrogens (tertiary/aromatic N) is 4. The van der Waals surface area contributed by atoms with Crippen LogP contribution >= 0.6 is 0 Å². The van der Waals surface area contributed by atoms with E-state index < -0.39 is 40.8 Å². The van der Waals surface area contributed by atoms with Gasteiger partial charge in [-0.1, -0.05) is 6.92 Å². The van der Waals surface area contributed by atoms with E-state index in [1.807, 2.05) is 29.4 Å². The van der Waals surface area contributed by atoms with Crippen LogP contribution in [0.2, 0.25) is 0 Å². The highest BCUT2D eigenvalue weighted by Crippen LogP contribution is 2.51.